The summed E-state index contributed by atoms with van der Waals surface area (Å²) in [5, 5.41) is 19.1. The van der Waals surface area contributed by atoms with Crippen LogP contribution in [-0.2, 0) is 16.6 Å². The summed E-state index contributed by atoms with van der Waals surface area (Å²) in [5.74, 6) is -1.07. The maximum atomic E-state index is 11.0. The fourth-order valence-electron chi connectivity index (χ4n) is 2.24. The molecule has 0 radical (unpaired) electrons. The number of carbonyl (C=O) groups is 1. The van der Waals surface area contributed by atoms with Crippen LogP contribution in [0.5, 0.6) is 0 Å². The van der Waals surface area contributed by atoms with Gasteiger partial charge in [0.2, 0.25) is 0 Å². The van der Waals surface area contributed by atoms with Crippen molar-refractivity contribution in [2.45, 2.75) is 25.7 Å². The van der Waals surface area contributed by atoms with Crippen molar-refractivity contribution in [3.05, 3.63) is 46.7 Å². The number of aliphatic carboxylic acids is 1. The lowest BCUT2D eigenvalue weighted by Gasteiger charge is -2.32. The third kappa shape index (κ3) is 1.40. The molecule has 3 nitrogen and oxygen atoms in total. The van der Waals surface area contributed by atoms with E-state index in [0.717, 1.165) is 11.1 Å². The van der Waals surface area contributed by atoms with Crippen LogP contribution in [0, 0.1) is 0 Å². The van der Waals surface area contributed by atoms with Crippen LogP contribution in [0.15, 0.2) is 35.6 Å². The first kappa shape index (κ1) is 10.7. The fraction of sp³-hybridized carbons (Fsp3) is 0.308. The highest BCUT2D eigenvalue weighted by Gasteiger charge is 2.36. The summed E-state index contributed by atoms with van der Waals surface area (Å²) in [5.41, 5.74) is 1.45. The molecular weight excluding hydrogens is 204 g/mol. The molecule has 0 aliphatic heterocycles. The van der Waals surface area contributed by atoms with E-state index in [1.807, 2.05) is 38.1 Å². The van der Waals surface area contributed by atoms with Gasteiger partial charge in [0.25, 0.3) is 0 Å². The van der Waals surface area contributed by atoms with Crippen LogP contribution < -0.4 is 0 Å². The van der Waals surface area contributed by atoms with Crippen LogP contribution in [0.2, 0.25) is 0 Å². The Balaban J connectivity index is 2.64. The highest BCUT2D eigenvalue weighted by molar-refractivity contribution is 5.89. The van der Waals surface area contributed by atoms with Crippen molar-refractivity contribution >= 4 is 5.97 Å². The molecule has 0 aromatic heterocycles. The molecule has 1 aliphatic carbocycles. The molecule has 0 saturated carbocycles. The second-order valence-electron chi connectivity index (χ2n) is 4.59. The molecule has 0 fully saturated rings. The summed E-state index contributed by atoms with van der Waals surface area (Å²) in [6, 6.07) is 7.63. The Bertz CT molecular complexity index is 484. The first-order chi connectivity index (χ1) is 7.44. The van der Waals surface area contributed by atoms with Gasteiger partial charge in [-0.2, -0.15) is 0 Å². The second-order valence-corrected chi connectivity index (χ2v) is 4.59. The van der Waals surface area contributed by atoms with Gasteiger partial charge in [-0.25, -0.2) is 4.79 Å². The predicted octanol–water partition coefficient (Wildman–Crippen LogP) is 2.42. The Morgan fingerprint density at radius 1 is 1.31 bits per heavy atom. The van der Waals surface area contributed by atoms with Gasteiger partial charge >= 0.3 is 5.97 Å². The van der Waals surface area contributed by atoms with Crippen LogP contribution in [-0.4, -0.2) is 16.2 Å². The average Bonchev–Trinajstić information content (AvgIpc) is 2.23. The lowest BCUT2D eigenvalue weighted by Crippen LogP contribution is -2.30. The van der Waals surface area contributed by atoms with E-state index < -0.39 is 11.4 Å². The van der Waals surface area contributed by atoms with E-state index in [1.54, 1.807) is 0 Å². The van der Waals surface area contributed by atoms with Crippen molar-refractivity contribution < 1.29 is 15.0 Å². The van der Waals surface area contributed by atoms with Crippen molar-refractivity contribution in [2.75, 3.05) is 0 Å². The summed E-state index contributed by atoms with van der Waals surface area (Å²) in [6.07, 6.45) is 0.292. The Morgan fingerprint density at radius 2 is 1.94 bits per heavy atom. The number of carboxylic acid groups (broad SMARTS) is 1. The number of rotatable bonds is 1. The van der Waals surface area contributed by atoms with E-state index in [9.17, 15) is 9.90 Å². The zero-order chi connectivity index (χ0) is 11.9. The van der Waals surface area contributed by atoms with Crippen LogP contribution >= 0.6 is 0 Å². The smallest absolute Gasteiger partial charge is 0.335 e. The second kappa shape index (κ2) is 3.37. The summed E-state index contributed by atoms with van der Waals surface area (Å²) < 4.78 is 0. The number of hydrogen-bond donors (Lipinski definition) is 2. The minimum atomic E-state index is -1.04. The van der Waals surface area contributed by atoms with Gasteiger partial charge in [0.1, 0.15) is 5.76 Å². The fourth-order valence-corrected chi connectivity index (χ4v) is 2.24. The molecule has 0 saturated heterocycles. The van der Waals surface area contributed by atoms with Crippen molar-refractivity contribution in [1.82, 2.24) is 0 Å². The van der Waals surface area contributed by atoms with Crippen LogP contribution in [0.25, 0.3) is 0 Å². The first-order valence-corrected chi connectivity index (χ1v) is 5.19. The maximum Gasteiger partial charge on any atom is 0.335 e. The van der Waals surface area contributed by atoms with Crippen molar-refractivity contribution in [2.24, 2.45) is 0 Å². The highest BCUT2D eigenvalue weighted by Crippen LogP contribution is 2.39. The van der Waals surface area contributed by atoms with E-state index >= 15 is 0 Å². The summed E-state index contributed by atoms with van der Waals surface area (Å²) >= 11 is 0. The topological polar surface area (TPSA) is 57.5 Å². The maximum absolute atomic E-state index is 11.0. The standard InChI is InChI=1S/C13H14O3/c1-13(2)10-6-4-3-5-8(10)7-9(11(13)14)12(15)16/h3-6,14H,7H2,1-2H3,(H,15,16). The minimum absolute atomic E-state index is 0.0290. The number of fused-ring (bicyclic) bond motifs is 1. The number of allylic oxidation sites excluding steroid dienone is 1. The molecule has 2 rings (SSSR count). The summed E-state index contributed by atoms with van der Waals surface area (Å²) in [6.45, 7) is 3.67. The van der Waals surface area contributed by atoms with Gasteiger partial charge in [0.15, 0.2) is 0 Å². The molecule has 0 atom stereocenters. The largest absolute Gasteiger partial charge is 0.511 e. The lowest BCUT2D eigenvalue weighted by atomic mass is 9.73. The molecule has 0 bridgehead atoms. The number of benzene rings is 1. The lowest BCUT2D eigenvalue weighted by molar-refractivity contribution is -0.133. The summed E-state index contributed by atoms with van der Waals surface area (Å²) in [4.78, 5) is 11.0. The molecule has 1 aromatic rings. The number of carboxylic acids is 1. The first-order valence-electron chi connectivity index (χ1n) is 5.19. The van der Waals surface area contributed by atoms with Crippen LogP contribution in [0.4, 0.5) is 0 Å². The quantitative estimate of drug-likeness (QED) is 0.761. The van der Waals surface area contributed by atoms with Gasteiger partial charge in [0.05, 0.1) is 5.57 Å². The van der Waals surface area contributed by atoms with Gasteiger partial charge in [-0.3, -0.25) is 0 Å². The Labute approximate surface area is 94.0 Å². The molecule has 84 valence electrons. The Morgan fingerprint density at radius 3 is 2.56 bits per heavy atom. The molecule has 1 aromatic carbocycles. The molecule has 3 heteroatoms. The monoisotopic (exact) mass is 218 g/mol. The minimum Gasteiger partial charge on any atom is -0.511 e. The molecule has 0 heterocycles. The predicted molar refractivity (Wildman–Crippen MR) is 60.5 cm³/mol. The van der Waals surface area contributed by atoms with Crippen molar-refractivity contribution in [3.8, 4) is 0 Å². The van der Waals surface area contributed by atoms with Gasteiger partial charge < -0.3 is 10.2 Å². The van der Waals surface area contributed by atoms with E-state index in [1.165, 1.54) is 0 Å². The van der Waals surface area contributed by atoms with Crippen molar-refractivity contribution in [1.29, 1.82) is 0 Å². The normalized spacial score (nSPS) is 18.1. The SMILES string of the molecule is CC1(C)C(O)=C(C(=O)O)Cc2ccccc21. The molecule has 0 unspecified atom stereocenters. The third-order valence-corrected chi connectivity index (χ3v) is 3.19. The molecule has 0 spiro atoms. The van der Waals surface area contributed by atoms with E-state index in [-0.39, 0.29) is 11.3 Å². The Kier molecular flexibility index (Phi) is 2.26. The molecule has 16 heavy (non-hydrogen) atoms. The van der Waals surface area contributed by atoms with Crippen molar-refractivity contribution in [3.63, 3.8) is 0 Å². The average molecular weight is 218 g/mol. The zero-order valence-electron chi connectivity index (χ0n) is 9.32. The highest BCUT2D eigenvalue weighted by atomic mass is 16.4. The molecule has 1 aliphatic rings. The van der Waals surface area contributed by atoms with Crippen LogP contribution in [0.1, 0.15) is 25.0 Å². The molecule has 0 amide bonds. The van der Waals surface area contributed by atoms with E-state index in [4.69, 9.17) is 5.11 Å². The van der Waals surface area contributed by atoms with Crippen LogP contribution in [0.3, 0.4) is 0 Å². The third-order valence-electron chi connectivity index (χ3n) is 3.19. The number of aliphatic hydroxyl groups excluding tert-OH is 1. The van der Waals surface area contributed by atoms with Gasteiger partial charge in [0, 0.05) is 11.8 Å². The molecular formula is C13H14O3. The van der Waals surface area contributed by atoms with Gasteiger partial charge in [-0.1, -0.05) is 24.3 Å². The number of hydrogen-bond acceptors (Lipinski definition) is 2. The zero-order valence-corrected chi connectivity index (χ0v) is 9.32. The Hall–Kier alpha value is -1.77. The summed E-state index contributed by atoms with van der Waals surface area (Å²) in [7, 11) is 0. The molecule has 2 N–H and O–H groups in total. The van der Waals surface area contributed by atoms with Gasteiger partial charge in [-0.15, -0.1) is 0 Å². The van der Waals surface area contributed by atoms with E-state index in [0.29, 0.717) is 6.42 Å². The number of aliphatic hydroxyl groups is 1. The van der Waals surface area contributed by atoms with E-state index in [2.05, 4.69) is 0 Å². The van der Waals surface area contributed by atoms with Gasteiger partial charge in [-0.05, 0) is 25.0 Å².